The van der Waals surface area contributed by atoms with E-state index in [0.29, 0.717) is 30.5 Å². The maximum Gasteiger partial charge on any atom is 0.408 e. The van der Waals surface area contributed by atoms with Gasteiger partial charge in [-0.05, 0) is 68.4 Å². The predicted molar refractivity (Wildman–Crippen MR) is 177 cm³/mol. The summed E-state index contributed by atoms with van der Waals surface area (Å²) in [5, 5.41) is 2.85. The molecule has 0 fully saturated rings. The van der Waals surface area contributed by atoms with E-state index in [1.807, 2.05) is 56.4 Å². The van der Waals surface area contributed by atoms with E-state index in [1.54, 1.807) is 0 Å². The first-order valence-electron chi connectivity index (χ1n) is 16.1. The average molecular weight is 618 g/mol. The molecule has 10 nitrogen and oxygen atoms in total. The van der Waals surface area contributed by atoms with Crippen LogP contribution in [0, 0.1) is 12.8 Å². The Hall–Kier alpha value is -4.99. The number of pyridine rings is 1. The van der Waals surface area contributed by atoms with Crippen molar-refractivity contribution in [3.63, 3.8) is 0 Å². The molecule has 2 N–H and O–H groups in total. The van der Waals surface area contributed by atoms with Crippen molar-refractivity contribution in [3.8, 4) is 16.9 Å². The molecule has 0 radical (unpaired) electrons. The molecule has 0 bridgehead atoms. The first-order valence-corrected chi connectivity index (χ1v) is 16.1. The number of hydrogen-bond donors (Lipinski definition) is 2. The number of imidazole rings is 1. The molecule has 2 atom stereocenters. The lowest BCUT2D eigenvalue weighted by atomic mass is 9.85. The van der Waals surface area contributed by atoms with Crippen molar-refractivity contribution in [3.05, 3.63) is 94.8 Å². The van der Waals surface area contributed by atoms with E-state index in [0.717, 1.165) is 64.5 Å². The zero-order valence-corrected chi connectivity index (χ0v) is 26.5. The highest BCUT2D eigenvalue weighted by Gasteiger charge is 2.27. The molecule has 0 saturated heterocycles. The summed E-state index contributed by atoms with van der Waals surface area (Å²) in [6.07, 6.45) is 5.76. The van der Waals surface area contributed by atoms with Crippen LogP contribution in [-0.2, 0) is 30.7 Å². The van der Waals surface area contributed by atoms with Crippen molar-refractivity contribution in [2.45, 2.75) is 65.6 Å². The molecule has 1 aliphatic carbocycles. The molecule has 2 aromatic carbocycles. The van der Waals surface area contributed by atoms with Crippen LogP contribution in [-0.4, -0.2) is 44.2 Å². The van der Waals surface area contributed by atoms with E-state index >= 15 is 0 Å². The van der Waals surface area contributed by atoms with E-state index in [4.69, 9.17) is 19.4 Å². The standard InChI is InChI=1S/C36H39N7O3/c1-4-24-10-12-29-30(16-24)39-23(3)40-35(29)43-14-15-45-32-13-11-26(17-28(32)20-43)27-18-31-34(37-19-27)42-33(41-31)22(2)38-36(44)46-21-25-8-6-5-7-9-25/h5-9,11,13,17-19,22,24H,4,10,12,14-16,20-21H2,1-3H3,(H,38,44)(H,37,41,42)/t22-,24-/m0/s1. The summed E-state index contributed by atoms with van der Waals surface area (Å²) >= 11 is 0. The van der Waals surface area contributed by atoms with Gasteiger partial charge < -0.3 is 24.7 Å². The molecule has 0 spiro atoms. The number of benzene rings is 2. The van der Waals surface area contributed by atoms with E-state index in [-0.39, 0.29) is 12.6 Å². The number of H-pyrrole nitrogens is 1. The molecule has 7 rings (SSSR count). The highest BCUT2D eigenvalue weighted by atomic mass is 16.5. The van der Waals surface area contributed by atoms with Gasteiger partial charge in [0.25, 0.3) is 0 Å². The van der Waals surface area contributed by atoms with Gasteiger partial charge in [0.15, 0.2) is 5.65 Å². The van der Waals surface area contributed by atoms with Gasteiger partial charge in [-0.3, -0.25) is 0 Å². The fraction of sp³-hybridized carbons (Fsp3) is 0.361. The number of hydrogen-bond acceptors (Lipinski definition) is 8. The van der Waals surface area contributed by atoms with Gasteiger partial charge in [0.05, 0.1) is 18.1 Å². The number of aromatic nitrogens is 5. The van der Waals surface area contributed by atoms with Crippen LogP contribution in [0.5, 0.6) is 5.75 Å². The molecule has 10 heteroatoms. The molecule has 0 unspecified atom stereocenters. The van der Waals surface area contributed by atoms with Crippen LogP contribution in [0.4, 0.5) is 10.6 Å². The molecule has 4 heterocycles. The fourth-order valence-electron chi connectivity index (χ4n) is 6.44. The summed E-state index contributed by atoms with van der Waals surface area (Å²) in [5.74, 6) is 4.09. The maximum absolute atomic E-state index is 12.4. The fourth-order valence-corrected chi connectivity index (χ4v) is 6.44. The summed E-state index contributed by atoms with van der Waals surface area (Å²) in [7, 11) is 0. The third kappa shape index (κ3) is 6.24. The molecule has 3 aromatic heterocycles. The Labute approximate surface area is 268 Å². The normalized spacial score (nSPS) is 16.6. The van der Waals surface area contributed by atoms with Crippen molar-refractivity contribution in [2.75, 3.05) is 18.1 Å². The second-order valence-electron chi connectivity index (χ2n) is 12.3. The number of anilines is 1. The first-order chi connectivity index (χ1) is 22.4. The molecule has 2 aliphatic rings. The summed E-state index contributed by atoms with van der Waals surface area (Å²) in [6, 6.07) is 17.6. The number of fused-ring (bicyclic) bond motifs is 3. The third-order valence-corrected chi connectivity index (χ3v) is 9.03. The minimum atomic E-state index is -0.505. The highest BCUT2D eigenvalue weighted by Crippen LogP contribution is 2.35. The minimum Gasteiger partial charge on any atom is -0.491 e. The predicted octanol–water partition coefficient (Wildman–Crippen LogP) is 6.62. The van der Waals surface area contributed by atoms with Gasteiger partial charge in [0.2, 0.25) is 0 Å². The third-order valence-electron chi connectivity index (χ3n) is 9.03. The Bertz CT molecular complexity index is 1870. The molecule has 46 heavy (non-hydrogen) atoms. The van der Waals surface area contributed by atoms with Crippen molar-refractivity contribution in [1.29, 1.82) is 0 Å². The van der Waals surface area contributed by atoms with Crippen LogP contribution in [0.3, 0.4) is 0 Å². The van der Waals surface area contributed by atoms with Gasteiger partial charge in [0, 0.05) is 35.1 Å². The van der Waals surface area contributed by atoms with Crippen molar-refractivity contribution >= 4 is 23.1 Å². The number of rotatable bonds is 7. The summed E-state index contributed by atoms with van der Waals surface area (Å²) in [6.45, 7) is 8.40. The molecule has 1 aliphatic heterocycles. The van der Waals surface area contributed by atoms with Crippen LogP contribution in [0.15, 0.2) is 60.8 Å². The molecular weight excluding hydrogens is 578 g/mol. The lowest BCUT2D eigenvalue weighted by Crippen LogP contribution is -2.29. The number of carbonyl (C=O) groups excluding carboxylic acids is 1. The van der Waals surface area contributed by atoms with Crippen LogP contribution in [0.25, 0.3) is 22.3 Å². The smallest absolute Gasteiger partial charge is 0.408 e. The molecule has 5 aromatic rings. The number of carbonyl (C=O) groups is 1. The Morgan fingerprint density at radius 1 is 1.13 bits per heavy atom. The minimum absolute atomic E-state index is 0.203. The number of aryl methyl sites for hydroxylation is 1. The van der Waals surface area contributed by atoms with Gasteiger partial charge in [0.1, 0.15) is 36.4 Å². The van der Waals surface area contributed by atoms with E-state index in [2.05, 4.69) is 50.3 Å². The van der Waals surface area contributed by atoms with Gasteiger partial charge in [-0.2, -0.15) is 0 Å². The lowest BCUT2D eigenvalue weighted by molar-refractivity contribution is 0.136. The van der Waals surface area contributed by atoms with Crippen LogP contribution < -0.4 is 15.0 Å². The summed E-state index contributed by atoms with van der Waals surface area (Å²) < 4.78 is 11.6. The quantitative estimate of drug-likeness (QED) is 0.209. The van der Waals surface area contributed by atoms with E-state index < -0.39 is 6.09 Å². The summed E-state index contributed by atoms with van der Waals surface area (Å²) in [5.41, 5.74) is 7.93. The SMILES string of the molecule is CC[C@H]1CCc2c(nc(C)nc2N2CCOc3ccc(-c4cnc5nc([C@H](C)NC(=O)OCc6ccccc6)[nH]c5c4)cc3C2)C1. The summed E-state index contributed by atoms with van der Waals surface area (Å²) in [4.78, 5) is 37.2. The number of amides is 1. The second kappa shape index (κ2) is 12.8. The zero-order chi connectivity index (χ0) is 31.6. The van der Waals surface area contributed by atoms with E-state index in [1.165, 1.54) is 24.1 Å². The largest absolute Gasteiger partial charge is 0.491 e. The Kier molecular flexibility index (Phi) is 8.26. The Balaban J connectivity index is 1.09. The first kappa shape index (κ1) is 29.7. The van der Waals surface area contributed by atoms with Gasteiger partial charge >= 0.3 is 6.09 Å². The van der Waals surface area contributed by atoms with E-state index in [9.17, 15) is 4.79 Å². The van der Waals surface area contributed by atoms with Crippen LogP contribution in [0.1, 0.15) is 66.8 Å². The van der Waals surface area contributed by atoms with Crippen molar-refractivity contribution in [2.24, 2.45) is 5.92 Å². The van der Waals surface area contributed by atoms with Gasteiger partial charge in [-0.1, -0.05) is 49.7 Å². The maximum atomic E-state index is 12.4. The van der Waals surface area contributed by atoms with Crippen LogP contribution >= 0.6 is 0 Å². The zero-order valence-electron chi connectivity index (χ0n) is 26.5. The van der Waals surface area contributed by atoms with Gasteiger partial charge in [-0.25, -0.2) is 24.7 Å². The van der Waals surface area contributed by atoms with Gasteiger partial charge in [-0.15, -0.1) is 0 Å². The molecule has 1 amide bonds. The number of aromatic amines is 1. The number of nitrogens with zero attached hydrogens (tertiary/aromatic N) is 5. The average Bonchev–Trinajstić information content (AvgIpc) is 3.39. The highest BCUT2D eigenvalue weighted by molar-refractivity contribution is 5.79. The molecule has 236 valence electrons. The van der Waals surface area contributed by atoms with Crippen molar-refractivity contribution < 1.29 is 14.3 Å². The number of ether oxygens (including phenoxy) is 2. The van der Waals surface area contributed by atoms with Crippen molar-refractivity contribution in [1.82, 2.24) is 30.2 Å². The molecular formula is C36H39N7O3. The number of alkyl carbamates (subject to hydrolysis) is 1. The Morgan fingerprint density at radius 3 is 2.85 bits per heavy atom. The lowest BCUT2D eigenvalue weighted by Gasteiger charge is -2.29. The topological polar surface area (TPSA) is 118 Å². The second-order valence-corrected chi connectivity index (χ2v) is 12.3. The number of nitrogens with one attached hydrogen (secondary N) is 2. The molecule has 0 saturated carbocycles. The van der Waals surface area contributed by atoms with Crippen LogP contribution in [0.2, 0.25) is 0 Å². The Morgan fingerprint density at radius 2 is 2.00 bits per heavy atom. The monoisotopic (exact) mass is 617 g/mol.